The Labute approximate surface area is 283 Å². The summed E-state index contributed by atoms with van der Waals surface area (Å²) < 4.78 is 92.8. The number of aromatic hydroxyl groups is 3. The summed E-state index contributed by atoms with van der Waals surface area (Å²) >= 11 is 0. The first kappa shape index (κ1) is 36.5. The molecule has 0 fully saturated rings. The molecule has 15 nitrogen and oxygen atoms in total. The van der Waals surface area contributed by atoms with Gasteiger partial charge in [0, 0.05) is 64.3 Å². The van der Waals surface area contributed by atoms with E-state index in [1.54, 1.807) is 0 Å². The molecule has 0 spiro atoms. The van der Waals surface area contributed by atoms with Crippen molar-refractivity contribution in [3.8, 4) is 17.2 Å². The van der Waals surface area contributed by atoms with Gasteiger partial charge >= 0.3 is 0 Å². The van der Waals surface area contributed by atoms with Crippen LogP contribution in [0.15, 0.2) is 106 Å². The number of phenols is 3. The van der Waals surface area contributed by atoms with Crippen molar-refractivity contribution >= 4 is 92.6 Å². The van der Waals surface area contributed by atoms with Crippen LogP contribution in [-0.4, -0.2) is 98.7 Å². The molecule has 0 bridgehead atoms. The average molecular weight is 699 g/mol. The molecule has 235 valence electrons. The van der Waals surface area contributed by atoms with E-state index in [-0.39, 0.29) is 94.2 Å². The first-order valence-electron chi connectivity index (χ1n) is 12.1. The molecular weight excluding hydrogens is 677 g/mol. The molecule has 1 radical (unpaired) electrons. The molecule has 0 aliphatic rings. The third-order valence-corrected chi connectivity index (χ3v) is 8.69. The first-order chi connectivity index (χ1) is 21.0. The van der Waals surface area contributed by atoms with E-state index in [9.17, 15) is 40.6 Å². The number of benzene rings is 3. The summed E-state index contributed by atoms with van der Waals surface area (Å²) in [5.74, 6) is -0.381. The van der Waals surface area contributed by atoms with Crippen molar-refractivity contribution in [3.63, 3.8) is 0 Å². The van der Waals surface area contributed by atoms with Gasteiger partial charge in [-0.05, 0) is 72.8 Å². The molecule has 46 heavy (non-hydrogen) atoms. The molecule has 19 heteroatoms. The van der Waals surface area contributed by atoms with Gasteiger partial charge in [-0.3, -0.25) is 28.6 Å². The second-order valence-corrected chi connectivity index (χ2v) is 13.0. The van der Waals surface area contributed by atoms with Crippen LogP contribution in [0.4, 0.5) is 0 Å². The van der Waals surface area contributed by atoms with Crippen LogP contribution in [0.25, 0.3) is 32.7 Å². The Morgan fingerprint density at radius 2 is 0.652 bits per heavy atom. The van der Waals surface area contributed by atoms with Crippen LogP contribution < -0.4 is 0 Å². The van der Waals surface area contributed by atoms with Crippen LogP contribution in [0.3, 0.4) is 0 Å². The van der Waals surface area contributed by atoms with Gasteiger partial charge in [0.05, 0.1) is 0 Å². The molecule has 6 rings (SSSR count). The van der Waals surface area contributed by atoms with Crippen LogP contribution in [0.1, 0.15) is 0 Å². The molecule has 0 aliphatic heterocycles. The van der Waals surface area contributed by atoms with Crippen LogP contribution in [-0.2, 0) is 30.4 Å². The van der Waals surface area contributed by atoms with E-state index in [0.717, 1.165) is 18.2 Å². The Hall–Kier alpha value is -3.98. The van der Waals surface area contributed by atoms with E-state index in [1.165, 1.54) is 73.2 Å². The van der Waals surface area contributed by atoms with Crippen molar-refractivity contribution in [1.29, 1.82) is 0 Å². The molecule has 3 aromatic carbocycles. The molecule has 0 aliphatic carbocycles. The van der Waals surface area contributed by atoms with Crippen LogP contribution in [0.5, 0.6) is 17.2 Å². The van der Waals surface area contributed by atoms with Crippen molar-refractivity contribution in [2.24, 2.45) is 0 Å². The third kappa shape index (κ3) is 8.23. The van der Waals surface area contributed by atoms with Gasteiger partial charge < -0.3 is 15.3 Å². The van der Waals surface area contributed by atoms with E-state index in [4.69, 9.17) is 13.7 Å². The van der Waals surface area contributed by atoms with E-state index in [2.05, 4.69) is 15.0 Å². The molecule has 6 N–H and O–H groups in total. The number of aromatic nitrogens is 3. The van der Waals surface area contributed by atoms with Crippen LogP contribution in [0.2, 0.25) is 0 Å². The minimum atomic E-state index is -4.30. The Kier molecular flexibility index (Phi) is 11.3. The molecule has 0 saturated carbocycles. The summed E-state index contributed by atoms with van der Waals surface area (Å²) in [5.41, 5.74) is 0.438. The zero-order chi connectivity index (χ0) is 33.2. The van der Waals surface area contributed by atoms with Crippen molar-refractivity contribution in [3.05, 3.63) is 91.4 Å². The maximum Gasteiger partial charge on any atom is 0.295 e. The number of hydrogen-bond acceptors (Lipinski definition) is 12. The summed E-state index contributed by atoms with van der Waals surface area (Å²) in [4.78, 5) is 10.7. The fourth-order valence-electron chi connectivity index (χ4n) is 4.07. The molecule has 0 atom stereocenters. The van der Waals surface area contributed by atoms with Crippen LogP contribution >= 0.6 is 0 Å². The van der Waals surface area contributed by atoms with Crippen molar-refractivity contribution in [1.82, 2.24) is 15.0 Å². The molecule has 3 aromatic heterocycles. The third-order valence-electron chi connectivity index (χ3n) is 5.96. The predicted molar refractivity (Wildman–Crippen MR) is 165 cm³/mol. The number of pyridine rings is 3. The van der Waals surface area contributed by atoms with Gasteiger partial charge in [0.1, 0.15) is 48.5 Å². The van der Waals surface area contributed by atoms with Crippen molar-refractivity contribution in [2.45, 2.75) is 14.7 Å². The maximum absolute atomic E-state index is 11.0. The number of rotatable bonds is 3. The summed E-state index contributed by atoms with van der Waals surface area (Å²) in [5, 5.41) is 28.9. The van der Waals surface area contributed by atoms with Gasteiger partial charge in [-0.2, -0.15) is 25.3 Å². The molecular formula is C27H21N3NaO12S3. The quantitative estimate of drug-likeness (QED) is 0.114. The fourth-order valence-corrected chi connectivity index (χ4v) is 6.12. The average Bonchev–Trinajstić information content (AvgIpc) is 2.97. The standard InChI is InChI=1S/3C9H7NO4S.Na/c3*11-7-3-4-8(15(12,13)14)6-2-1-5-10-9(6)7;/h3*1-5,11H,(H,12,13,14);. The topological polar surface area (TPSA) is 262 Å². The zero-order valence-corrected chi connectivity index (χ0v) is 27.8. The number of phenolic OH excluding ortho intramolecular Hbond substituents is 3. The Morgan fingerprint density at radius 1 is 0.413 bits per heavy atom. The SMILES string of the molecule is O=S(=O)(O)c1ccc(O)c2ncccc12.O=S(=O)(O)c1ccc(O)c2ncccc12.O=S(=O)(O)c1ccc(O)c2ncccc12.[Na]. The monoisotopic (exact) mass is 698 g/mol. The largest absolute Gasteiger partial charge is 0.506 e. The predicted octanol–water partition coefficient (Wildman–Crippen LogP) is 3.18. The normalized spacial score (nSPS) is 11.5. The van der Waals surface area contributed by atoms with Gasteiger partial charge in [0.2, 0.25) is 0 Å². The van der Waals surface area contributed by atoms with Crippen molar-refractivity contribution < 1.29 is 54.2 Å². The summed E-state index contributed by atoms with van der Waals surface area (Å²) in [7, 11) is -12.9. The van der Waals surface area contributed by atoms with Crippen LogP contribution in [0, 0.1) is 0 Å². The zero-order valence-electron chi connectivity index (χ0n) is 23.4. The molecule has 6 aromatic rings. The maximum atomic E-state index is 11.0. The number of hydrogen-bond donors (Lipinski definition) is 6. The second kappa shape index (κ2) is 14.2. The minimum Gasteiger partial charge on any atom is -0.506 e. The number of fused-ring (bicyclic) bond motifs is 3. The Balaban J connectivity index is 0.000000186. The number of nitrogens with zero attached hydrogens (tertiary/aromatic N) is 3. The summed E-state index contributed by atoms with van der Waals surface area (Å²) in [6.07, 6.45) is 4.28. The summed E-state index contributed by atoms with van der Waals surface area (Å²) in [6, 6.07) is 15.9. The fraction of sp³-hybridized carbons (Fsp3) is 0. The minimum absolute atomic E-state index is 0. The Morgan fingerprint density at radius 3 is 0.870 bits per heavy atom. The van der Waals surface area contributed by atoms with Gasteiger partial charge in [-0.15, -0.1) is 0 Å². The Bertz CT molecular complexity index is 2140. The van der Waals surface area contributed by atoms with Gasteiger partial charge in [-0.25, -0.2) is 0 Å². The van der Waals surface area contributed by atoms with E-state index >= 15 is 0 Å². The first-order valence-corrected chi connectivity index (χ1v) is 16.4. The summed E-state index contributed by atoms with van der Waals surface area (Å²) in [6.45, 7) is 0. The van der Waals surface area contributed by atoms with E-state index in [1.807, 2.05) is 0 Å². The van der Waals surface area contributed by atoms with E-state index < -0.39 is 30.4 Å². The molecule has 3 heterocycles. The van der Waals surface area contributed by atoms with Gasteiger partial charge in [0.25, 0.3) is 30.4 Å². The van der Waals surface area contributed by atoms with E-state index in [0.29, 0.717) is 0 Å². The molecule has 0 unspecified atom stereocenters. The molecule has 0 saturated heterocycles. The smallest absolute Gasteiger partial charge is 0.295 e. The van der Waals surface area contributed by atoms with Crippen molar-refractivity contribution in [2.75, 3.05) is 0 Å². The second-order valence-electron chi connectivity index (χ2n) is 8.87. The van der Waals surface area contributed by atoms with Gasteiger partial charge in [0.15, 0.2) is 0 Å². The van der Waals surface area contributed by atoms with Gasteiger partial charge in [-0.1, -0.05) is 0 Å². The molecule has 0 amide bonds.